The molecule has 1 heterocycles. The van der Waals surface area contributed by atoms with Crippen LogP contribution in [0.25, 0.3) is 11.4 Å². The molecule has 1 aromatic carbocycles. The lowest BCUT2D eigenvalue weighted by Crippen LogP contribution is -2.10. The topological polar surface area (TPSA) is 48.9 Å². The molecule has 0 atom stereocenters. The Hall–Kier alpha value is -1.61. The van der Waals surface area contributed by atoms with Crippen molar-refractivity contribution in [3.8, 4) is 11.4 Å². The highest BCUT2D eigenvalue weighted by Crippen LogP contribution is 2.24. The SMILES string of the molecule is CC(C)(C)c1ccc(-c2ncc(CO)[nH]2)cc1. The van der Waals surface area contributed by atoms with E-state index in [1.54, 1.807) is 6.20 Å². The van der Waals surface area contributed by atoms with Gasteiger partial charge in [-0.15, -0.1) is 0 Å². The van der Waals surface area contributed by atoms with E-state index in [4.69, 9.17) is 5.11 Å². The summed E-state index contributed by atoms with van der Waals surface area (Å²) in [5.41, 5.74) is 3.24. The molecular weight excluding hydrogens is 212 g/mol. The lowest BCUT2D eigenvalue weighted by atomic mass is 9.87. The second-order valence-electron chi connectivity index (χ2n) is 5.24. The summed E-state index contributed by atoms with van der Waals surface area (Å²) < 4.78 is 0. The Morgan fingerprint density at radius 1 is 1.18 bits per heavy atom. The number of benzene rings is 1. The fraction of sp³-hybridized carbons (Fsp3) is 0.357. The second-order valence-corrected chi connectivity index (χ2v) is 5.24. The molecule has 0 fully saturated rings. The molecule has 1 aromatic heterocycles. The number of hydrogen-bond donors (Lipinski definition) is 2. The van der Waals surface area contributed by atoms with Crippen molar-refractivity contribution in [2.24, 2.45) is 0 Å². The molecule has 2 N–H and O–H groups in total. The van der Waals surface area contributed by atoms with Crippen LogP contribution in [0.2, 0.25) is 0 Å². The first-order valence-electron chi connectivity index (χ1n) is 5.76. The number of nitrogens with zero attached hydrogens (tertiary/aromatic N) is 1. The minimum atomic E-state index is -0.00687. The highest BCUT2D eigenvalue weighted by Gasteiger charge is 2.13. The molecule has 90 valence electrons. The number of hydrogen-bond acceptors (Lipinski definition) is 2. The van der Waals surface area contributed by atoms with Gasteiger partial charge in [0.15, 0.2) is 0 Å². The Balaban J connectivity index is 2.29. The number of aromatic amines is 1. The predicted octanol–water partition coefficient (Wildman–Crippen LogP) is 2.87. The Bertz CT molecular complexity index is 492. The third-order valence-electron chi connectivity index (χ3n) is 2.82. The number of aliphatic hydroxyl groups excluding tert-OH is 1. The molecule has 0 unspecified atom stereocenters. The van der Waals surface area contributed by atoms with Gasteiger partial charge in [-0.05, 0) is 11.0 Å². The van der Waals surface area contributed by atoms with Crippen molar-refractivity contribution in [3.63, 3.8) is 0 Å². The largest absolute Gasteiger partial charge is 0.390 e. The summed E-state index contributed by atoms with van der Waals surface area (Å²) in [6.07, 6.45) is 1.66. The molecule has 0 amide bonds. The van der Waals surface area contributed by atoms with Crippen LogP contribution in [0.4, 0.5) is 0 Å². The van der Waals surface area contributed by atoms with Gasteiger partial charge in [-0.3, -0.25) is 0 Å². The zero-order chi connectivity index (χ0) is 12.5. The first kappa shape index (κ1) is 11.9. The zero-order valence-electron chi connectivity index (χ0n) is 10.5. The van der Waals surface area contributed by atoms with Crippen molar-refractivity contribution >= 4 is 0 Å². The predicted molar refractivity (Wildman–Crippen MR) is 68.6 cm³/mol. The molecular formula is C14H18N2O. The molecule has 0 spiro atoms. The van der Waals surface area contributed by atoms with Crippen LogP contribution in [0.1, 0.15) is 32.0 Å². The van der Waals surface area contributed by atoms with E-state index in [0.29, 0.717) is 0 Å². The van der Waals surface area contributed by atoms with Gasteiger partial charge in [0.2, 0.25) is 0 Å². The van der Waals surface area contributed by atoms with Crippen LogP contribution >= 0.6 is 0 Å². The van der Waals surface area contributed by atoms with E-state index in [1.165, 1.54) is 5.56 Å². The van der Waals surface area contributed by atoms with Gasteiger partial charge in [-0.1, -0.05) is 45.0 Å². The van der Waals surface area contributed by atoms with Gasteiger partial charge < -0.3 is 10.1 Å². The number of aromatic nitrogens is 2. The smallest absolute Gasteiger partial charge is 0.137 e. The van der Waals surface area contributed by atoms with Crippen LogP contribution in [0, 0.1) is 0 Å². The van der Waals surface area contributed by atoms with Crippen LogP contribution in [-0.2, 0) is 12.0 Å². The molecule has 0 saturated carbocycles. The molecule has 3 heteroatoms. The third-order valence-corrected chi connectivity index (χ3v) is 2.82. The number of nitrogens with one attached hydrogen (secondary N) is 1. The summed E-state index contributed by atoms with van der Waals surface area (Å²) in [7, 11) is 0. The van der Waals surface area contributed by atoms with E-state index in [9.17, 15) is 0 Å². The van der Waals surface area contributed by atoms with Crippen LogP contribution in [0.15, 0.2) is 30.5 Å². The number of rotatable bonds is 2. The lowest BCUT2D eigenvalue weighted by molar-refractivity contribution is 0.277. The van der Waals surface area contributed by atoms with E-state index in [2.05, 4.69) is 55.0 Å². The fourth-order valence-corrected chi connectivity index (χ4v) is 1.71. The summed E-state index contributed by atoms with van der Waals surface area (Å²) >= 11 is 0. The van der Waals surface area contributed by atoms with Crippen molar-refractivity contribution in [2.45, 2.75) is 32.8 Å². The van der Waals surface area contributed by atoms with Crippen LogP contribution in [0.3, 0.4) is 0 Å². The molecule has 17 heavy (non-hydrogen) atoms. The Labute approximate surface area is 102 Å². The van der Waals surface area contributed by atoms with Crippen LogP contribution < -0.4 is 0 Å². The first-order chi connectivity index (χ1) is 8.00. The third kappa shape index (κ3) is 2.56. The van der Waals surface area contributed by atoms with Crippen LogP contribution in [-0.4, -0.2) is 15.1 Å². The van der Waals surface area contributed by atoms with E-state index >= 15 is 0 Å². The number of aliphatic hydroxyl groups is 1. The fourth-order valence-electron chi connectivity index (χ4n) is 1.71. The van der Waals surface area contributed by atoms with Gasteiger partial charge in [0.05, 0.1) is 18.5 Å². The summed E-state index contributed by atoms with van der Waals surface area (Å²) in [6.45, 7) is 6.57. The van der Waals surface area contributed by atoms with Crippen LogP contribution in [0.5, 0.6) is 0 Å². The lowest BCUT2D eigenvalue weighted by Gasteiger charge is -2.18. The number of imidazole rings is 1. The molecule has 0 aliphatic rings. The van der Waals surface area contributed by atoms with Gasteiger partial charge >= 0.3 is 0 Å². The van der Waals surface area contributed by atoms with Crippen molar-refractivity contribution in [1.82, 2.24) is 9.97 Å². The normalized spacial score (nSPS) is 11.8. The number of H-pyrrole nitrogens is 1. The quantitative estimate of drug-likeness (QED) is 0.833. The average Bonchev–Trinajstić information content (AvgIpc) is 2.76. The maximum absolute atomic E-state index is 8.98. The first-order valence-corrected chi connectivity index (χ1v) is 5.76. The highest BCUT2D eigenvalue weighted by atomic mass is 16.3. The van der Waals surface area contributed by atoms with E-state index in [-0.39, 0.29) is 12.0 Å². The summed E-state index contributed by atoms with van der Waals surface area (Å²) in [5.74, 6) is 0.800. The van der Waals surface area contributed by atoms with E-state index < -0.39 is 0 Å². The molecule has 0 bridgehead atoms. The summed E-state index contributed by atoms with van der Waals surface area (Å²) in [4.78, 5) is 7.31. The standard InChI is InChI=1S/C14H18N2O/c1-14(2,3)11-6-4-10(5-7-11)13-15-8-12(9-17)16-13/h4-8,17H,9H2,1-3H3,(H,15,16). The monoisotopic (exact) mass is 230 g/mol. The molecule has 2 rings (SSSR count). The zero-order valence-corrected chi connectivity index (χ0v) is 10.5. The summed E-state index contributed by atoms with van der Waals surface area (Å²) in [6, 6.07) is 8.36. The molecule has 0 aliphatic heterocycles. The minimum absolute atomic E-state index is 0.00687. The van der Waals surface area contributed by atoms with Crippen molar-refractivity contribution in [1.29, 1.82) is 0 Å². The van der Waals surface area contributed by atoms with Gasteiger partial charge in [0.1, 0.15) is 5.82 Å². The Morgan fingerprint density at radius 3 is 2.29 bits per heavy atom. The second kappa shape index (κ2) is 4.34. The van der Waals surface area contributed by atoms with Gasteiger partial charge in [-0.25, -0.2) is 4.98 Å². The minimum Gasteiger partial charge on any atom is -0.390 e. The maximum Gasteiger partial charge on any atom is 0.137 e. The average molecular weight is 230 g/mol. The van der Waals surface area contributed by atoms with E-state index in [1.807, 2.05) is 0 Å². The van der Waals surface area contributed by atoms with Crippen molar-refractivity contribution < 1.29 is 5.11 Å². The van der Waals surface area contributed by atoms with Gasteiger partial charge in [0.25, 0.3) is 0 Å². The van der Waals surface area contributed by atoms with Gasteiger partial charge in [0, 0.05) is 5.56 Å². The van der Waals surface area contributed by atoms with Gasteiger partial charge in [-0.2, -0.15) is 0 Å². The highest BCUT2D eigenvalue weighted by molar-refractivity contribution is 5.56. The molecule has 0 saturated heterocycles. The Kier molecular flexibility index (Phi) is 3.03. The molecule has 0 aliphatic carbocycles. The van der Waals surface area contributed by atoms with E-state index in [0.717, 1.165) is 17.1 Å². The maximum atomic E-state index is 8.98. The van der Waals surface area contributed by atoms with Crippen molar-refractivity contribution in [3.05, 3.63) is 41.7 Å². The van der Waals surface area contributed by atoms with Crippen molar-refractivity contribution in [2.75, 3.05) is 0 Å². The molecule has 2 aromatic rings. The summed E-state index contributed by atoms with van der Waals surface area (Å²) in [5, 5.41) is 8.98. The molecule has 3 nitrogen and oxygen atoms in total. The Morgan fingerprint density at radius 2 is 1.82 bits per heavy atom. The molecule has 0 radical (unpaired) electrons.